The normalized spacial score (nSPS) is 11.0. The van der Waals surface area contributed by atoms with Crippen molar-refractivity contribution in [2.24, 2.45) is 0 Å². The number of ether oxygens (including phenoxy) is 1. The number of carbonyl (C=O) groups is 1. The Balaban J connectivity index is 1.76. The van der Waals surface area contributed by atoms with Crippen LogP contribution in [-0.4, -0.2) is 21.4 Å². The smallest absolute Gasteiger partial charge is 0.261 e. The highest BCUT2D eigenvalue weighted by Gasteiger charge is 2.16. The molecule has 0 saturated carbocycles. The molecule has 0 aromatic heterocycles. The van der Waals surface area contributed by atoms with Gasteiger partial charge < -0.3 is 10.1 Å². The Hall–Kier alpha value is -3.32. The van der Waals surface area contributed by atoms with Crippen molar-refractivity contribution in [1.82, 2.24) is 0 Å². The Morgan fingerprint density at radius 3 is 2.28 bits per heavy atom. The average Bonchev–Trinajstić information content (AvgIpc) is 2.74. The van der Waals surface area contributed by atoms with Gasteiger partial charge in [0.1, 0.15) is 5.75 Å². The highest BCUT2D eigenvalue weighted by atomic mass is 32.2. The van der Waals surface area contributed by atoms with E-state index in [1.54, 1.807) is 48.5 Å². The summed E-state index contributed by atoms with van der Waals surface area (Å²) in [5.41, 5.74) is 2.35. The van der Waals surface area contributed by atoms with Crippen LogP contribution in [0.4, 0.5) is 11.4 Å². The van der Waals surface area contributed by atoms with Gasteiger partial charge in [-0.05, 0) is 54.4 Å². The number of amides is 1. The van der Waals surface area contributed by atoms with Crippen LogP contribution in [0.5, 0.6) is 5.75 Å². The molecule has 3 rings (SSSR count). The summed E-state index contributed by atoms with van der Waals surface area (Å²) in [5, 5.41) is 2.75. The van der Waals surface area contributed by atoms with Crippen molar-refractivity contribution in [3.63, 3.8) is 0 Å². The van der Waals surface area contributed by atoms with Crippen LogP contribution in [0.1, 0.15) is 22.8 Å². The lowest BCUT2D eigenvalue weighted by Gasteiger charge is -2.12. The van der Waals surface area contributed by atoms with E-state index in [2.05, 4.69) is 10.0 Å². The van der Waals surface area contributed by atoms with E-state index < -0.39 is 10.0 Å². The molecule has 0 heterocycles. The summed E-state index contributed by atoms with van der Waals surface area (Å²) in [7, 11) is -2.24. The van der Waals surface area contributed by atoms with Crippen LogP contribution in [-0.2, 0) is 16.4 Å². The number of benzene rings is 3. The SMILES string of the molecule is CCc1ccccc1NS(=O)(=O)c1ccc(NC(=O)c2ccccc2OC)cc1. The lowest BCUT2D eigenvalue weighted by Crippen LogP contribution is -2.15. The second kappa shape index (κ2) is 8.79. The van der Waals surface area contributed by atoms with Gasteiger partial charge in [0.25, 0.3) is 15.9 Å². The number of methoxy groups -OCH3 is 1. The van der Waals surface area contributed by atoms with E-state index in [1.165, 1.54) is 19.2 Å². The highest BCUT2D eigenvalue weighted by Crippen LogP contribution is 2.23. The van der Waals surface area contributed by atoms with Crippen LogP contribution in [0.3, 0.4) is 0 Å². The van der Waals surface area contributed by atoms with Gasteiger partial charge in [-0.1, -0.05) is 37.3 Å². The van der Waals surface area contributed by atoms with Gasteiger partial charge in [0.15, 0.2) is 0 Å². The van der Waals surface area contributed by atoms with Gasteiger partial charge >= 0.3 is 0 Å². The lowest BCUT2D eigenvalue weighted by atomic mass is 10.1. The van der Waals surface area contributed by atoms with E-state index in [0.717, 1.165) is 5.56 Å². The second-order valence-corrected chi connectivity index (χ2v) is 7.98. The molecule has 1 amide bonds. The van der Waals surface area contributed by atoms with Crippen molar-refractivity contribution in [2.45, 2.75) is 18.2 Å². The Kier molecular flexibility index (Phi) is 6.19. The molecule has 0 atom stereocenters. The Morgan fingerprint density at radius 2 is 1.59 bits per heavy atom. The topological polar surface area (TPSA) is 84.5 Å². The van der Waals surface area contributed by atoms with E-state index in [-0.39, 0.29) is 10.8 Å². The number of aryl methyl sites for hydroxylation is 1. The van der Waals surface area contributed by atoms with Crippen molar-refractivity contribution in [2.75, 3.05) is 17.1 Å². The molecule has 29 heavy (non-hydrogen) atoms. The second-order valence-electron chi connectivity index (χ2n) is 6.29. The fourth-order valence-corrected chi connectivity index (χ4v) is 3.98. The number of anilines is 2. The minimum Gasteiger partial charge on any atom is -0.496 e. The molecule has 0 spiro atoms. The number of hydrogen-bond donors (Lipinski definition) is 2. The molecule has 0 radical (unpaired) electrons. The van der Waals surface area contributed by atoms with Crippen LogP contribution in [0.15, 0.2) is 77.7 Å². The van der Waals surface area contributed by atoms with Gasteiger partial charge in [-0.15, -0.1) is 0 Å². The average molecular weight is 410 g/mol. The van der Waals surface area contributed by atoms with Gasteiger partial charge in [-0.25, -0.2) is 8.42 Å². The molecule has 7 heteroatoms. The van der Waals surface area contributed by atoms with Gasteiger partial charge in [-0.2, -0.15) is 0 Å². The van der Waals surface area contributed by atoms with Crippen molar-refractivity contribution in [3.8, 4) is 5.75 Å². The Morgan fingerprint density at radius 1 is 0.931 bits per heavy atom. The Bertz CT molecular complexity index is 1110. The van der Waals surface area contributed by atoms with Gasteiger partial charge in [0.2, 0.25) is 0 Å². The molecular formula is C22H22N2O4S. The molecule has 2 N–H and O–H groups in total. The summed E-state index contributed by atoms with van der Waals surface area (Å²) in [4.78, 5) is 12.6. The minimum absolute atomic E-state index is 0.110. The molecule has 0 saturated heterocycles. The first-order chi connectivity index (χ1) is 13.9. The molecule has 0 aliphatic rings. The maximum absolute atomic E-state index is 12.7. The Labute approximate surface area is 170 Å². The summed E-state index contributed by atoms with van der Waals surface area (Å²) in [6.07, 6.45) is 0.715. The predicted octanol–water partition coefficient (Wildman–Crippen LogP) is 4.31. The van der Waals surface area contributed by atoms with Crippen LogP contribution in [0.25, 0.3) is 0 Å². The van der Waals surface area contributed by atoms with Crippen LogP contribution in [0, 0.1) is 0 Å². The molecule has 3 aromatic carbocycles. The molecule has 0 aliphatic carbocycles. The third kappa shape index (κ3) is 4.75. The lowest BCUT2D eigenvalue weighted by molar-refractivity contribution is 0.102. The summed E-state index contributed by atoms with van der Waals surface area (Å²) < 4.78 is 33.2. The van der Waals surface area contributed by atoms with Gasteiger partial charge in [-0.3, -0.25) is 9.52 Å². The molecule has 6 nitrogen and oxygen atoms in total. The van der Waals surface area contributed by atoms with Gasteiger partial charge in [0.05, 0.1) is 23.3 Å². The number of carbonyl (C=O) groups excluding carboxylic acids is 1. The third-order valence-corrected chi connectivity index (χ3v) is 5.80. The fourth-order valence-electron chi connectivity index (χ4n) is 2.88. The minimum atomic E-state index is -3.74. The monoisotopic (exact) mass is 410 g/mol. The molecule has 0 aliphatic heterocycles. The van der Waals surface area contributed by atoms with E-state index in [4.69, 9.17) is 4.74 Å². The molecule has 3 aromatic rings. The largest absolute Gasteiger partial charge is 0.496 e. The predicted molar refractivity (Wildman–Crippen MR) is 114 cm³/mol. The van der Waals surface area contributed by atoms with E-state index >= 15 is 0 Å². The molecule has 0 fully saturated rings. The van der Waals surface area contributed by atoms with Crippen LogP contribution < -0.4 is 14.8 Å². The number of rotatable bonds is 7. The van der Waals surface area contributed by atoms with Gasteiger partial charge in [0, 0.05) is 5.69 Å². The zero-order valence-electron chi connectivity index (χ0n) is 16.2. The molecule has 150 valence electrons. The first kappa shape index (κ1) is 20.4. The zero-order valence-corrected chi connectivity index (χ0v) is 17.0. The molecular weight excluding hydrogens is 388 g/mol. The van der Waals surface area contributed by atoms with Crippen molar-refractivity contribution >= 4 is 27.3 Å². The van der Waals surface area contributed by atoms with Crippen LogP contribution >= 0.6 is 0 Å². The highest BCUT2D eigenvalue weighted by molar-refractivity contribution is 7.92. The number of hydrogen-bond acceptors (Lipinski definition) is 4. The molecule has 0 bridgehead atoms. The molecule has 0 unspecified atom stereocenters. The number of para-hydroxylation sites is 2. The van der Waals surface area contributed by atoms with Crippen molar-refractivity contribution in [1.29, 1.82) is 0 Å². The van der Waals surface area contributed by atoms with E-state index in [1.807, 2.05) is 19.1 Å². The van der Waals surface area contributed by atoms with E-state index in [0.29, 0.717) is 29.1 Å². The first-order valence-corrected chi connectivity index (χ1v) is 10.6. The maximum atomic E-state index is 12.7. The van der Waals surface area contributed by atoms with Crippen molar-refractivity contribution in [3.05, 3.63) is 83.9 Å². The number of nitrogens with one attached hydrogen (secondary N) is 2. The maximum Gasteiger partial charge on any atom is 0.261 e. The first-order valence-electron chi connectivity index (χ1n) is 9.09. The van der Waals surface area contributed by atoms with Crippen molar-refractivity contribution < 1.29 is 17.9 Å². The third-order valence-electron chi connectivity index (χ3n) is 4.42. The van der Waals surface area contributed by atoms with Crippen LogP contribution in [0.2, 0.25) is 0 Å². The summed E-state index contributed by atoms with van der Waals surface area (Å²) in [5.74, 6) is 0.121. The quantitative estimate of drug-likeness (QED) is 0.608. The summed E-state index contributed by atoms with van der Waals surface area (Å²) in [6.45, 7) is 1.96. The summed E-state index contributed by atoms with van der Waals surface area (Å²) in [6, 6.07) is 20.2. The summed E-state index contributed by atoms with van der Waals surface area (Å²) >= 11 is 0. The zero-order chi connectivity index (χ0) is 20.9. The fraction of sp³-hybridized carbons (Fsp3) is 0.136. The number of sulfonamides is 1. The van der Waals surface area contributed by atoms with E-state index in [9.17, 15) is 13.2 Å². The standard InChI is InChI=1S/C22H22N2O4S/c1-3-16-8-4-6-10-20(16)24-29(26,27)18-14-12-17(13-15-18)23-22(25)19-9-5-7-11-21(19)28-2/h4-15,24H,3H2,1-2H3,(H,23,25).